The zero-order chi connectivity index (χ0) is 17.5. The molecule has 0 bridgehead atoms. The van der Waals surface area contributed by atoms with E-state index >= 15 is 0 Å². The summed E-state index contributed by atoms with van der Waals surface area (Å²) in [6, 6.07) is 0. The normalized spacial score (nSPS) is 53.0. The lowest BCUT2D eigenvalue weighted by Crippen LogP contribution is -2.54. The fraction of sp³-hybridized carbons (Fsp3) is 0.955. The Labute approximate surface area is 148 Å². The fourth-order valence-corrected chi connectivity index (χ4v) is 7.50. The summed E-state index contributed by atoms with van der Waals surface area (Å²) in [6.45, 7) is 8.95. The predicted octanol–water partition coefficient (Wildman–Crippen LogP) is 5.23. The SMILES string of the molecule is CC.CC12CCC3C(CCC4CC(O)CCC43C)C1CCC2C=O. The molecule has 8 unspecified atom stereocenters. The van der Waals surface area contributed by atoms with Gasteiger partial charge in [0.05, 0.1) is 6.10 Å². The molecule has 0 aromatic rings. The van der Waals surface area contributed by atoms with Crippen LogP contribution < -0.4 is 0 Å². The minimum Gasteiger partial charge on any atom is -0.393 e. The maximum absolute atomic E-state index is 11.5. The van der Waals surface area contributed by atoms with Crippen LogP contribution in [0.5, 0.6) is 0 Å². The van der Waals surface area contributed by atoms with Crippen molar-refractivity contribution in [1.82, 2.24) is 0 Å². The number of rotatable bonds is 1. The second kappa shape index (κ2) is 6.74. The number of aliphatic hydroxyl groups excluding tert-OH is 1. The van der Waals surface area contributed by atoms with Gasteiger partial charge in [-0.15, -0.1) is 0 Å². The van der Waals surface area contributed by atoms with Gasteiger partial charge in [-0.3, -0.25) is 0 Å². The Morgan fingerprint density at radius 3 is 2.25 bits per heavy atom. The van der Waals surface area contributed by atoms with Crippen LogP contribution in [0.4, 0.5) is 0 Å². The highest BCUT2D eigenvalue weighted by molar-refractivity contribution is 5.56. The predicted molar refractivity (Wildman–Crippen MR) is 98.6 cm³/mol. The lowest BCUT2D eigenvalue weighted by molar-refractivity contribution is -0.133. The number of fused-ring (bicyclic) bond motifs is 5. The Kier molecular flexibility index (Phi) is 5.17. The highest BCUT2D eigenvalue weighted by Gasteiger charge is 2.59. The fourth-order valence-electron chi connectivity index (χ4n) is 7.50. The van der Waals surface area contributed by atoms with Crippen molar-refractivity contribution < 1.29 is 9.90 Å². The van der Waals surface area contributed by atoms with E-state index in [0.29, 0.717) is 16.7 Å². The second-order valence-corrected chi connectivity index (χ2v) is 9.45. The first kappa shape index (κ1) is 18.4. The Hall–Kier alpha value is -0.370. The van der Waals surface area contributed by atoms with Crippen LogP contribution in [0.3, 0.4) is 0 Å². The minimum absolute atomic E-state index is 0.0468. The lowest BCUT2D eigenvalue weighted by atomic mass is 9.45. The van der Waals surface area contributed by atoms with Crippen molar-refractivity contribution in [2.24, 2.45) is 40.4 Å². The molecule has 0 radical (unpaired) electrons. The first-order valence-electron chi connectivity index (χ1n) is 10.6. The molecule has 24 heavy (non-hydrogen) atoms. The van der Waals surface area contributed by atoms with E-state index in [1.54, 1.807) is 0 Å². The average Bonchev–Trinajstić information content (AvgIpc) is 2.93. The van der Waals surface area contributed by atoms with E-state index in [9.17, 15) is 9.90 Å². The van der Waals surface area contributed by atoms with Crippen molar-refractivity contribution in [3.63, 3.8) is 0 Å². The van der Waals surface area contributed by atoms with E-state index < -0.39 is 0 Å². The van der Waals surface area contributed by atoms with Crippen LogP contribution in [-0.4, -0.2) is 17.5 Å². The van der Waals surface area contributed by atoms with Gasteiger partial charge in [0, 0.05) is 5.92 Å². The molecule has 2 heteroatoms. The zero-order valence-electron chi connectivity index (χ0n) is 16.3. The molecule has 4 aliphatic rings. The van der Waals surface area contributed by atoms with Crippen LogP contribution in [0.15, 0.2) is 0 Å². The molecule has 0 aromatic heterocycles. The van der Waals surface area contributed by atoms with Crippen molar-refractivity contribution >= 4 is 6.29 Å². The molecule has 0 amide bonds. The third-order valence-corrected chi connectivity index (χ3v) is 8.88. The van der Waals surface area contributed by atoms with Gasteiger partial charge >= 0.3 is 0 Å². The Balaban J connectivity index is 0.000000815. The average molecular weight is 335 g/mol. The summed E-state index contributed by atoms with van der Waals surface area (Å²) in [6.07, 6.45) is 12.2. The largest absolute Gasteiger partial charge is 0.393 e. The van der Waals surface area contributed by atoms with Crippen LogP contribution in [0, 0.1) is 40.4 Å². The molecule has 8 atom stereocenters. The van der Waals surface area contributed by atoms with E-state index in [0.717, 1.165) is 42.9 Å². The van der Waals surface area contributed by atoms with Gasteiger partial charge in [-0.1, -0.05) is 27.7 Å². The first-order valence-corrected chi connectivity index (χ1v) is 10.6. The maximum Gasteiger partial charge on any atom is 0.123 e. The summed E-state index contributed by atoms with van der Waals surface area (Å²) in [5, 5.41) is 10.1. The lowest BCUT2D eigenvalue weighted by Gasteiger charge is -2.60. The highest BCUT2D eigenvalue weighted by atomic mass is 16.3. The van der Waals surface area contributed by atoms with Crippen LogP contribution >= 0.6 is 0 Å². The van der Waals surface area contributed by atoms with Crippen molar-refractivity contribution in [3.8, 4) is 0 Å². The molecule has 0 heterocycles. The first-order chi connectivity index (χ1) is 11.5. The van der Waals surface area contributed by atoms with Crippen LogP contribution in [0.1, 0.15) is 85.5 Å². The Morgan fingerprint density at radius 2 is 1.54 bits per heavy atom. The van der Waals surface area contributed by atoms with Gasteiger partial charge < -0.3 is 9.90 Å². The van der Waals surface area contributed by atoms with Gasteiger partial charge in [-0.25, -0.2) is 0 Å². The Bertz CT molecular complexity index is 461. The molecule has 4 aliphatic carbocycles. The molecule has 4 saturated carbocycles. The van der Waals surface area contributed by atoms with E-state index in [1.165, 1.54) is 44.8 Å². The summed E-state index contributed by atoms with van der Waals surface area (Å²) in [4.78, 5) is 11.5. The number of hydrogen-bond acceptors (Lipinski definition) is 2. The van der Waals surface area contributed by atoms with Crippen molar-refractivity contribution in [2.75, 3.05) is 0 Å². The summed E-state index contributed by atoms with van der Waals surface area (Å²) in [7, 11) is 0. The van der Waals surface area contributed by atoms with Gasteiger partial charge in [0.2, 0.25) is 0 Å². The van der Waals surface area contributed by atoms with E-state index in [2.05, 4.69) is 13.8 Å². The molecule has 4 fully saturated rings. The molecule has 0 aliphatic heterocycles. The molecule has 1 N–H and O–H groups in total. The molecule has 0 saturated heterocycles. The van der Waals surface area contributed by atoms with Gasteiger partial charge in [-0.2, -0.15) is 0 Å². The molecular formula is C22H38O2. The van der Waals surface area contributed by atoms with Crippen LogP contribution in [0.2, 0.25) is 0 Å². The number of hydrogen-bond donors (Lipinski definition) is 1. The zero-order valence-corrected chi connectivity index (χ0v) is 16.3. The number of aldehydes is 1. The van der Waals surface area contributed by atoms with E-state index in [-0.39, 0.29) is 6.10 Å². The molecule has 0 spiro atoms. The molecule has 0 aromatic carbocycles. The topological polar surface area (TPSA) is 37.3 Å². The number of aliphatic hydroxyl groups is 1. The molecule has 138 valence electrons. The molecule has 2 nitrogen and oxygen atoms in total. The molecular weight excluding hydrogens is 296 g/mol. The highest BCUT2D eigenvalue weighted by Crippen LogP contribution is 2.67. The van der Waals surface area contributed by atoms with Gasteiger partial charge in [0.1, 0.15) is 6.29 Å². The quantitative estimate of drug-likeness (QED) is 0.667. The van der Waals surface area contributed by atoms with Crippen LogP contribution in [-0.2, 0) is 4.79 Å². The third-order valence-electron chi connectivity index (χ3n) is 8.88. The monoisotopic (exact) mass is 334 g/mol. The smallest absolute Gasteiger partial charge is 0.123 e. The summed E-state index contributed by atoms with van der Waals surface area (Å²) in [5.41, 5.74) is 0.753. The minimum atomic E-state index is -0.0468. The number of carbonyl (C=O) groups is 1. The van der Waals surface area contributed by atoms with E-state index in [4.69, 9.17) is 0 Å². The van der Waals surface area contributed by atoms with Gasteiger partial charge in [0.25, 0.3) is 0 Å². The van der Waals surface area contributed by atoms with Crippen molar-refractivity contribution in [2.45, 2.75) is 91.6 Å². The number of carbonyl (C=O) groups excluding carboxylic acids is 1. The Morgan fingerprint density at radius 1 is 0.875 bits per heavy atom. The van der Waals surface area contributed by atoms with Gasteiger partial charge in [0.15, 0.2) is 0 Å². The van der Waals surface area contributed by atoms with Crippen LogP contribution in [0.25, 0.3) is 0 Å². The molecule has 4 rings (SSSR count). The summed E-state index contributed by atoms with van der Waals surface area (Å²) in [5.74, 6) is 3.54. The van der Waals surface area contributed by atoms with Crippen molar-refractivity contribution in [3.05, 3.63) is 0 Å². The maximum atomic E-state index is 11.5. The standard InChI is InChI=1S/C20H32O2.C2H6/c1-19-9-7-15(22)11-13(19)3-5-16-17-6-4-14(12-21)20(17,2)10-8-18(16)19;1-2/h12-18,22H,3-11H2,1-2H3;1-2H3. The summed E-state index contributed by atoms with van der Waals surface area (Å²) >= 11 is 0. The van der Waals surface area contributed by atoms with E-state index in [1.807, 2.05) is 13.8 Å². The third kappa shape index (κ3) is 2.59. The summed E-state index contributed by atoms with van der Waals surface area (Å²) < 4.78 is 0. The van der Waals surface area contributed by atoms with Gasteiger partial charge in [-0.05, 0) is 92.3 Å². The second-order valence-electron chi connectivity index (χ2n) is 9.45. The van der Waals surface area contributed by atoms with Crippen molar-refractivity contribution in [1.29, 1.82) is 0 Å².